The van der Waals surface area contributed by atoms with Gasteiger partial charge in [0.05, 0.1) is 11.4 Å². The minimum atomic E-state index is 0.224. The molecule has 4 aromatic rings. The molecule has 1 aromatic heterocycles. The summed E-state index contributed by atoms with van der Waals surface area (Å²) in [6.07, 6.45) is 0.699. The number of aromatic hydroxyl groups is 2. The fraction of sp³-hybridized carbons (Fsp3) is 0.0417. The van der Waals surface area contributed by atoms with Crippen LogP contribution in [0.1, 0.15) is 11.1 Å². The minimum absolute atomic E-state index is 0.224. The third-order valence-electron chi connectivity index (χ3n) is 5.19. The third kappa shape index (κ3) is 2.63. The quantitative estimate of drug-likeness (QED) is 0.389. The van der Waals surface area contributed by atoms with Gasteiger partial charge in [0.25, 0.3) is 0 Å². The molecule has 0 fully saturated rings. The highest BCUT2D eigenvalue weighted by atomic mass is 35.5. The minimum Gasteiger partial charge on any atom is -0.508 e. The SMILES string of the molecule is Oc1ccc(-c2cc(-c3ccccc3Cl)nc3c2Cc2cccc(O)c2-3)cc1. The lowest BCUT2D eigenvalue weighted by Gasteiger charge is -2.13. The van der Waals surface area contributed by atoms with Crippen LogP contribution in [0.5, 0.6) is 11.5 Å². The Morgan fingerprint density at radius 1 is 0.821 bits per heavy atom. The summed E-state index contributed by atoms with van der Waals surface area (Å²) in [6.45, 7) is 0. The molecule has 0 spiro atoms. The van der Waals surface area contributed by atoms with Crippen LogP contribution in [0.4, 0.5) is 0 Å². The average molecular weight is 386 g/mol. The van der Waals surface area contributed by atoms with Crippen LogP contribution in [-0.2, 0) is 6.42 Å². The largest absolute Gasteiger partial charge is 0.508 e. The van der Waals surface area contributed by atoms with Crippen LogP contribution >= 0.6 is 11.6 Å². The van der Waals surface area contributed by atoms with E-state index in [9.17, 15) is 10.2 Å². The van der Waals surface area contributed by atoms with E-state index >= 15 is 0 Å². The van der Waals surface area contributed by atoms with E-state index in [4.69, 9.17) is 16.6 Å². The number of halogens is 1. The van der Waals surface area contributed by atoms with Gasteiger partial charge in [-0.05, 0) is 52.6 Å². The lowest BCUT2D eigenvalue weighted by atomic mass is 9.96. The van der Waals surface area contributed by atoms with Crippen LogP contribution in [0.15, 0.2) is 72.8 Å². The number of phenols is 2. The molecule has 0 saturated carbocycles. The summed E-state index contributed by atoms with van der Waals surface area (Å²) in [5.41, 5.74) is 7.30. The first-order valence-corrected chi connectivity index (χ1v) is 9.39. The molecule has 0 amide bonds. The Morgan fingerprint density at radius 3 is 2.39 bits per heavy atom. The zero-order valence-corrected chi connectivity index (χ0v) is 15.6. The number of nitrogens with zero attached hydrogens (tertiary/aromatic N) is 1. The van der Waals surface area contributed by atoms with Crippen molar-refractivity contribution in [3.05, 3.63) is 88.9 Å². The molecule has 0 atom stereocenters. The van der Waals surface area contributed by atoms with Crippen LogP contribution in [0, 0.1) is 0 Å². The van der Waals surface area contributed by atoms with Gasteiger partial charge in [0.15, 0.2) is 0 Å². The highest BCUT2D eigenvalue weighted by Gasteiger charge is 2.27. The molecule has 5 rings (SSSR count). The van der Waals surface area contributed by atoms with Crippen LogP contribution < -0.4 is 0 Å². The second-order valence-electron chi connectivity index (χ2n) is 6.90. The standard InChI is InChI=1S/C24H16ClNO2/c25-20-6-2-1-5-17(20)21-13-18(14-8-10-16(27)11-9-14)19-12-15-4-3-7-22(28)23(15)24(19)26-21/h1-11,13,27-28H,12H2. The number of hydrogen-bond acceptors (Lipinski definition) is 3. The van der Waals surface area contributed by atoms with E-state index in [1.165, 1.54) is 0 Å². The summed E-state index contributed by atoms with van der Waals surface area (Å²) >= 11 is 6.44. The summed E-state index contributed by atoms with van der Waals surface area (Å²) in [5, 5.41) is 20.8. The van der Waals surface area contributed by atoms with E-state index in [0.29, 0.717) is 11.4 Å². The highest BCUT2D eigenvalue weighted by Crippen LogP contribution is 2.46. The Kier molecular flexibility index (Phi) is 3.85. The van der Waals surface area contributed by atoms with E-state index in [-0.39, 0.29) is 11.5 Å². The van der Waals surface area contributed by atoms with Gasteiger partial charge in [0, 0.05) is 22.6 Å². The maximum absolute atomic E-state index is 10.5. The first-order valence-electron chi connectivity index (χ1n) is 9.01. The van der Waals surface area contributed by atoms with Gasteiger partial charge in [-0.3, -0.25) is 0 Å². The topological polar surface area (TPSA) is 53.4 Å². The Morgan fingerprint density at radius 2 is 1.61 bits per heavy atom. The molecular weight excluding hydrogens is 370 g/mol. The molecule has 4 heteroatoms. The van der Waals surface area contributed by atoms with Crippen LogP contribution in [0.3, 0.4) is 0 Å². The summed E-state index contributed by atoms with van der Waals surface area (Å²) < 4.78 is 0. The van der Waals surface area contributed by atoms with Crippen LogP contribution in [-0.4, -0.2) is 15.2 Å². The molecule has 1 heterocycles. The zero-order valence-electron chi connectivity index (χ0n) is 14.9. The van der Waals surface area contributed by atoms with Gasteiger partial charge in [-0.1, -0.05) is 54.1 Å². The predicted octanol–water partition coefficient (Wildman–Crippen LogP) is 6.05. The normalized spacial score (nSPS) is 11.9. The predicted molar refractivity (Wildman–Crippen MR) is 112 cm³/mol. The van der Waals surface area contributed by atoms with Gasteiger partial charge in [-0.25, -0.2) is 4.98 Å². The van der Waals surface area contributed by atoms with E-state index in [1.807, 2.05) is 54.6 Å². The molecule has 2 N–H and O–H groups in total. The van der Waals surface area contributed by atoms with Crippen molar-refractivity contribution in [1.82, 2.24) is 4.98 Å². The van der Waals surface area contributed by atoms with Crippen LogP contribution in [0.25, 0.3) is 33.6 Å². The number of rotatable bonds is 2. The summed E-state index contributed by atoms with van der Waals surface area (Å²) in [4.78, 5) is 4.90. The van der Waals surface area contributed by atoms with Gasteiger partial charge in [-0.2, -0.15) is 0 Å². The molecule has 0 saturated heterocycles. The van der Waals surface area contributed by atoms with Crippen molar-refractivity contribution < 1.29 is 10.2 Å². The number of hydrogen-bond donors (Lipinski definition) is 2. The molecular formula is C24H16ClNO2. The number of aromatic nitrogens is 1. The summed E-state index contributed by atoms with van der Waals surface area (Å²) in [5.74, 6) is 0.457. The first-order chi connectivity index (χ1) is 13.6. The van der Waals surface area contributed by atoms with Gasteiger partial charge < -0.3 is 10.2 Å². The molecule has 28 heavy (non-hydrogen) atoms. The average Bonchev–Trinajstić information content (AvgIpc) is 3.08. The molecule has 3 aromatic carbocycles. The second kappa shape index (κ2) is 6.39. The number of phenolic OH excluding ortho intramolecular Hbond substituents is 2. The van der Waals surface area contributed by atoms with E-state index in [0.717, 1.165) is 44.8 Å². The number of fused-ring (bicyclic) bond motifs is 3. The van der Waals surface area contributed by atoms with Crippen molar-refractivity contribution in [3.8, 4) is 45.1 Å². The van der Waals surface area contributed by atoms with Crippen molar-refractivity contribution in [2.75, 3.05) is 0 Å². The fourth-order valence-corrected chi connectivity index (χ4v) is 4.09. The first kappa shape index (κ1) is 16.8. The monoisotopic (exact) mass is 385 g/mol. The Bertz CT molecular complexity index is 1220. The van der Waals surface area contributed by atoms with E-state index in [1.54, 1.807) is 18.2 Å². The molecule has 0 radical (unpaired) electrons. The van der Waals surface area contributed by atoms with Gasteiger partial charge in [0.1, 0.15) is 11.5 Å². The van der Waals surface area contributed by atoms with Crippen molar-refractivity contribution in [2.24, 2.45) is 0 Å². The smallest absolute Gasteiger partial charge is 0.125 e. The Hall–Kier alpha value is -3.30. The molecule has 3 nitrogen and oxygen atoms in total. The highest BCUT2D eigenvalue weighted by molar-refractivity contribution is 6.33. The van der Waals surface area contributed by atoms with Crippen molar-refractivity contribution >= 4 is 11.6 Å². The maximum atomic E-state index is 10.5. The molecule has 1 aliphatic carbocycles. The zero-order chi connectivity index (χ0) is 19.3. The molecule has 1 aliphatic rings. The van der Waals surface area contributed by atoms with Crippen molar-refractivity contribution in [2.45, 2.75) is 6.42 Å². The van der Waals surface area contributed by atoms with E-state index in [2.05, 4.69) is 0 Å². The third-order valence-corrected chi connectivity index (χ3v) is 5.51. The second-order valence-corrected chi connectivity index (χ2v) is 7.30. The Balaban J connectivity index is 1.82. The molecule has 0 bridgehead atoms. The van der Waals surface area contributed by atoms with E-state index < -0.39 is 0 Å². The lowest BCUT2D eigenvalue weighted by Crippen LogP contribution is -1.95. The van der Waals surface area contributed by atoms with Crippen molar-refractivity contribution in [1.29, 1.82) is 0 Å². The van der Waals surface area contributed by atoms with Gasteiger partial charge in [-0.15, -0.1) is 0 Å². The van der Waals surface area contributed by atoms with Gasteiger partial charge in [0.2, 0.25) is 0 Å². The number of benzene rings is 3. The molecule has 0 unspecified atom stereocenters. The van der Waals surface area contributed by atoms with Gasteiger partial charge >= 0.3 is 0 Å². The summed E-state index contributed by atoms with van der Waals surface area (Å²) in [6, 6.07) is 22.4. The molecule has 0 aliphatic heterocycles. The van der Waals surface area contributed by atoms with Crippen molar-refractivity contribution in [3.63, 3.8) is 0 Å². The lowest BCUT2D eigenvalue weighted by molar-refractivity contribution is 0.475. The number of pyridine rings is 1. The maximum Gasteiger partial charge on any atom is 0.125 e. The summed E-state index contributed by atoms with van der Waals surface area (Å²) in [7, 11) is 0. The van der Waals surface area contributed by atoms with Crippen LogP contribution in [0.2, 0.25) is 5.02 Å². The Labute approximate surface area is 167 Å². The fourth-order valence-electron chi connectivity index (χ4n) is 3.86. The molecule has 136 valence electrons.